The van der Waals surface area contributed by atoms with E-state index in [-0.39, 0.29) is 18.6 Å². The van der Waals surface area contributed by atoms with E-state index in [0.717, 1.165) is 38.5 Å². The van der Waals surface area contributed by atoms with E-state index in [4.69, 9.17) is 5.11 Å². The molecule has 0 aliphatic heterocycles. The molecule has 1 atom stereocenters. The predicted molar refractivity (Wildman–Crippen MR) is 82.5 cm³/mol. The summed E-state index contributed by atoms with van der Waals surface area (Å²) in [6, 6.07) is -1.09. The van der Waals surface area contributed by atoms with Crippen molar-refractivity contribution in [2.24, 2.45) is 0 Å². The molecule has 0 saturated heterocycles. The highest BCUT2D eigenvalue weighted by atomic mass is 16.4. The zero-order valence-corrected chi connectivity index (χ0v) is 13.2. The molecule has 7 heteroatoms. The molecule has 126 valence electrons. The molecular weight excluding hydrogens is 286 g/mol. The number of carboxylic acid groups (broad SMARTS) is 1. The van der Waals surface area contributed by atoms with Crippen molar-refractivity contribution in [3.05, 3.63) is 0 Å². The van der Waals surface area contributed by atoms with Crippen molar-refractivity contribution in [2.75, 3.05) is 6.54 Å². The normalized spacial score (nSPS) is 16.6. The standard InChI is InChI=1S/C15H27N3O4/c1-2-3-9-12(14(20)21)18-13(19)10-16-15(22)17-11-7-5-4-6-8-11/h11-12H,2-10H2,1H3,(H,18,19)(H,20,21)(H2,16,17,22). The van der Waals surface area contributed by atoms with Gasteiger partial charge < -0.3 is 21.1 Å². The lowest BCUT2D eigenvalue weighted by Crippen LogP contribution is -2.49. The van der Waals surface area contributed by atoms with Crippen molar-refractivity contribution >= 4 is 17.9 Å². The molecule has 0 heterocycles. The number of carboxylic acids is 1. The average Bonchev–Trinajstić information content (AvgIpc) is 2.50. The summed E-state index contributed by atoms with van der Waals surface area (Å²) >= 11 is 0. The molecule has 22 heavy (non-hydrogen) atoms. The first-order valence-electron chi connectivity index (χ1n) is 8.09. The number of nitrogens with one attached hydrogen (secondary N) is 3. The first-order valence-corrected chi connectivity index (χ1v) is 8.09. The van der Waals surface area contributed by atoms with Crippen LogP contribution in [0.15, 0.2) is 0 Å². The largest absolute Gasteiger partial charge is 0.480 e. The molecule has 0 aromatic carbocycles. The number of amides is 3. The van der Waals surface area contributed by atoms with Gasteiger partial charge in [0.05, 0.1) is 6.54 Å². The summed E-state index contributed by atoms with van der Waals surface area (Å²) in [4.78, 5) is 34.4. The second-order valence-electron chi connectivity index (χ2n) is 5.76. The molecule has 0 spiro atoms. The van der Waals surface area contributed by atoms with Crippen LogP contribution in [-0.4, -0.2) is 41.6 Å². The second-order valence-corrected chi connectivity index (χ2v) is 5.76. The summed E-state index contributed by atoms with van der Waals surface area (Å²) in [7, 11) is 0. The monoisotopic (exact) mass is 313 g/mol. The number of hydrogen-bond donors (Lipinski definition) is 4. The zero-order chi connectivity index (χ0) is 16.4. The van der Waals surface area contributed by atoms with E-state index in [0.29, 0.717) is 6.42 Å². The van der Waals surface area contributed by atoms with Crippen LogP contribution < -0.4 is 16.0 Å². The van der Waals surface area contributed by atoms with Crippen LogP contribution in [0.4, 0.5) is 4.79 Å². The summed E-state index contributed by atoms with van der Waals surface area (Å²) in [5, 5.41) is 16.8. The lowest BCUT2D eigenvalue weighted by Gasteiger charge is -2.22. The molecule has 3 amide bonds. The number of unbranched alkanes of at least 4 members (excludes halogenated alkanes) is 1. The highest BCUT2D eigenvalue weighted by Crippen LogP contribution is 2.17. The Morgan fingerprint density at radius 3 is 2.45 bits per heavy atom. The van der Waals surface area contributed by atoms with E-state index < -0.39 is 17.9 Å². The summed E-state index contributed by atoms with van der Waals surface area (Å²) < 4.78 is 0. The summed E-state index contributed by atoms with van der Waals surface area (Å²) in [5.41, 5.74) is 0. The van der Waals surface area contributed by atoms with E-state index in [1.165, 1.54) is 6.42 Å². The third kappa shape index (κ3) is 7.28. The van der Waals surface area contributed by atoms with Gasteiger partial charge in [0.1, 0.15) is 6.04 Å². The van der Waals surface area contributed by atoms with Gasteiger partial charge in [0.15, 0.2) is 0 Å². The van der Waals surface area contributed by atoms with Crippen LogP contribution in [0, 0.1) is 0 Å². The van der Waals surface area contributed by atoms with Crippen LogP contribution >= 0.6 is 0 Å². The second kappa shape index (κ2) is 10.0. The lowest BCUT2D eigenvalue weighted by molar-refractivity contribution is -0.141. The number of hydrogen-bond acceptors (Lipinski definition) is 3. The van der Waals surface area contributed by atoms with Crippen LogP contribution in [0.3, 0.4) is 0 Å². The van der Waals surface area contributed by atoms with Crippen molar-refractivity contribution < 1.29 is 19.5 Å². The minimum absolute atomic E-state index is 0.174. The van der Waals surface area contributed by atoms with E-state index >= 15 is 0 Å². The van der Waals surface area contributed by atoms with Crippen LogP contribution in [0.25, 0.3) is 0 Å². The Labute approximate surface area is 131 Å². The highest BCUT2D eigenvalue weighted by molar-refractivity contribution is 5.87. The van der Waals surface area contributed by atoms with Gasteiger partial charge in [-0.3, -0.25) is 4.79 Å². The van der Waals surface area contributed by atoms with E-state index in [2.05, 4.69) is 16.0 Å². The molecule has 0 radical (unpaired) electrons. The van der Waals surface area contributed by atoms with Crippen LogP contribution in [-0.2, 0) is 9.59 Å². The van der Waals surface area contributed by atoms with Crippen molar-refractivity contribution in [3.63, 3.8) is 0 Å². The van der Waals surface area contributed by atoms with Crippen LogP contribution in [0.1, 0.15) is 58.3 Å². The molecule has 1 aliphatic carbocycles. The Kier molecular flexibility index (Phi) is 8.32. The van der Waals surface area contributed by atoms with Crippen molar-refractivity contribution in [3.8, 4) is 0 Å². The fourth-order valence-electron chi connectivity index (χ4n) is 2.55. The van der Waals surface area contributed by atoms with Gasteiger partial charge >= 0.3 is 12.0 Å². The third-order valence-corrected chi connectivity index (χ3v) is 3.83. The molecule has 4 N–H and O–H groups in total. The van der Waals surface area contributed by atoms with Gasteiger partial charge in [-0.1, -0.05) is 39.0 Å². The molecule has 7 nitrogen and oxygen atoms in total. The van der Waals surface area contributed by atoms with Gasteiger partial charge in [0.25, 0.3) is 0 Å². The maximum absolute atomic E-state index is 11.7. The van der Waals surface area contributed by atoms with Gasteiger partial charge in [0.2, 0.25) is 5.91 Å². The minimum atomic E-state index is -1.05. The van der Waals surface area contributed by atoms with Gasteiger partial charge in [-0.05, 0) is 19.3 Å². The third-order valence-electron chi connectivity index (χ3n) is 3.83. The molecule has 0 aromatic heterocycles. The Morgan fingerprint density at radius 2 is 1.86 bits per heavy atom. The smallest absolute Gasteiger partial charge is 0.326 e. The van der Waals surface area contributed by atoms with Crippen LogP contribution in [0.5, 0.6) is 0 Å². The molecule has 1 unspecified atom stereocenters. The summed E-state index contributed by atoms with van der Waals surface area (Å²) in [6.07, 6.45) is 7.36. The maximum atomic E-state index is 11.7. The van der Waals surface area contributed by atoms with E-state index in [9.17, 15) is 14.4 Å². The predicted octanol–water partition coefficient (Wildman–Crippen LogP) is 1.38. The van der Waals surface area contributed by atoms with Gasteiger partial charge in [-0.15, -0.1) is 0 Å². The SMILES string of the molecule is CCCCC(NC(=O)CNC(=O)NC1CCCCC1)C(=O)O. The topological polar surface area (TPSA) is 108 Å². The fraction of sp³-hybridized carbons (Fsp3) is 0.800. The molecule has 1 fully saturated rings. The molecule has 1 rings (SSSR count). The lowest BCUT2D eigenvalue weighted by atomic mass is 9.96. The first-order chi connectivity index (χ1) is 10.5. The molecule has 0 bridgehead atoms. The van der Waals surface area contributed by atoms with E-state index in [1.54, 1.807) is 0 Å². The molecule has 1 saturated carbocycles. The number of carbonyl (C=O) groups excluding carboxylic acids is 2. The average molecular weight is 313 g/mol. The quantitative estimate of drug-likeness (QED) is 0.543. The Morgan fingerprint density at radius 1 is 1.18 bits per heavy atom. The maximum Gasteiger partial charge on any atom is 0.326 e. The van der Waals surface area contributed by atoms with Crippen molar-refractivity contribution in [1.82, 2.24) is 16.0 Å². The number of carbonyl (C=O) groups is 3. The zero-order valence-electron chi connectivity index (χ0n) is 13.2. The Hall–Kier alpha value is -1.79. The Balaban J connectivity index is 2.25. The van der Waals surface area contributed by atoms with Crippen molar-refractivity contribution in [1.29, 1.82) is 0 Å². The van der Waals surface area contributed by atoms with Gasteiger partial charge in [0, 0.05) is 6.04 Å². The van der Waals surface area contributed by atoms with Crippen molar-refractivity contribution in [2.45, 2.75) is 70.4 Å². The number of urea groups is 1. The van der Waals surface area contributed by atoms with Gasteiger partial charge in [-0.2, -0.15) is 0 Å². The van der Waals surface area contributed by atoms with Crippen LogP contribution in [0.2, 0.25) is 0 Å². The molecular formula is C15H27N3O4. The molecule has 0 aromatic rings. The first kappa shape index (κ1) is 18.3. The minimum Gasteiger partial charge on any atom is -0.480 e. The summed E-state index contributed by atoms with van der Waals surface area (Å²) in [5.74, 6) is -1.53. The molecule has 1 aliphatic rings. The number of aliphatic carboxylic acids is 1. The van der Waals surface area contributed by atoms with Gasteiger partial charge in [-0.25, -0.2) is 9.59 Å². The van der Waals surface area contributed by atoms with E-state index in [1.807, 2.05) is 6.92 Å². The Bertz CT molecular complexity index is 381. The summed E-state index contributed by atoms with van der Waals surface area (Å²) in [6.45, 7) is 1.74. The fourth-order valence-corrected chi connectivity index (χ4v) is 2.55. The number of rotatable bonds is 8. The highest BCUT2D eigenvalue weighted by Gasteiger charge is 2.20.